The van der Waals surface area contributed by atoms with Gasteiger partial charge in [-0.15, -0.1) is 0 Å². The Morgan fingerprint density at radius 2 is 1.25 bits per heavy atom. The Kier molecular flexibility index (Phi) is 30.3. The van der Waals surface area contributed by atoms with Gasteiger partial charge in [0.05, 0.1) is 36.3 Å². The molecule has 0 aliphatic carbocycles. The molecule has 0 radical (unpaired) electrons. The fourth-order valence-electron chi connectivity index (χ4n) is 10.5. The van der Waals surface area contributed by atoms with Crippen molar-refractivity contribution in [1.29, 1.82) is 0 Å². The average Bonchev–Trinajstić information content (AvgIpc) is 3.41. The molecule has 6 amide bonds. The van der Waals surface area contributed by atoms with Crippen molar-refractivity contribution in [1.82, 2.24) is 36.8 Å². The number of ketones is 4. The number of rotatable bonds is 24. The predicted molar refractivity (Wildman–Crippen MR) is 301 cm³/mol. The van der Waals surface area contributed by atoms with Crippen molar-refractivity contribution in [3.8, 4) is 0 Å². The largest absolute Gasteiger partial charge is 0.393 e. The Morgan fingerprint density at radius 3 is 1.82 bits per heavy atom. The molecular weight excluding hydrogens is 1030 g/mol. The first kappa shape index (κ1) is 68.7. The number of hydrogen-bond acceptors (Lipinski definition) is 17. The summed E-state index contributed by atoms with van der Waals surface area (Å²) in [7, 11) is 0. The summed E-state index contributed by atoms with van der Waals surface area (Å²) in [4.78, 5) is 144. The van der Waals surface area contributed by atoms with Gasteiger partial charge in [0.1, 0.15) is 23.9 Å². The van der Waals surface area contributed by atoms with E-state index in [0.717, 1.165) is 19.4 Å². The Bertz CT molecular complexity index is 2200. The minimum atomic E-state index is -1.61. The minimum Gasteiger partial charge on any atom is -0.393 e. The molecule has 16 N–H and O–H groups in total. The standard InChI is InChI=1S/C57H95N11O12/c1-33(2)26-40-30-49(73)45(27-37-12-8-7-9-13-37)66-52(75)39(15-20-58)29-47(71)38(19-24-62-57(80)51(36(6)70)67-56(79)44(18-23-61)65-55(78)43(17-22-60)64-53(40)76)28-48(72)42(16-21-59)63-54(77)41(35(5)69)31-50(74)46-14-10-11-25-68(46)32-34(3)4/h7-9,12-13,33-36,38-46,51,69-70H,10-11,14-32,58-61H2,1-6H3,(H,62,80)(H,63,77)(H,64,76)(H,65,78)(H,66,75)(H,67,79)/t35?,36?,38-,39-,40-,41+,42+,43+,44+,45-,46+,51+/m1/s1. The van der Waals surface area contributed by atoms with E-state index in [2.05, 4.69) is 50.6 Å². The molecule has 23 nitrogen and oxygen atoms in total. The summed E-state index contributed by atoms with van der Waals surface area (Å²) in [6.45, 7) is 11.3. The molecule has 12 atom stereocenters. The van der Waals surface area contributed by atoms with Gasteiger partial charge in [0.25, 0.3) is 0 Å². The second-order valence-corrected chi connectivity index (χ2v) is 22.7. The van der Waals surface area contributed by atoms with E-state index in [1.165, 1.54) is 13.8 Å². The van der Waals surface area contributed by atoms with E-state index in [-0.39, 0.29) is 102 Å². The molecule has 2 heterocycles. The lowest BCUT2D eigenvalue weighted by molar-refractivity contribution is -0.138. The lowest BCUT2D eigenvalue weighted by Crippen LogP contribution is -2.59. The Balaban J connectivity index is 2.10. The number of carbonyl (C=O) groups is 10. The summed E-state index contributed by atoms with van der Waals surface area (Å²) in [6.07, 6.45) is -2.39. The highest BCUT2D eigenvalue weighted by Crippen LogP contribution is 2.25. The van der Waals surface area contributed by atoms with Crippen LogP contribution in [0.15, 0.2) is 30.3 Å². The van der Waals surface area contributed by atoms with E-state index in [1.54, 1.807) is 30.3 Å². The van der Waals surface area contributed by atoms with E-state index in [4.69, 9.17) is 22.9 Å². The normalized spacial score (nSPS) is 25.6. The van der Waals surface area contributed by atoms with Gasteiger partial charge in [-0.3, -0.25) is 52.8 Å². The highest BCUT2D eigenvalue weighted by Gasteiger charge is 2.39. The molecule has 0 bridgehead atoms. The molecule has 450 valence electrons. The number of nitrogens with zero attached hydrogens (tertiary/aromatic N) is 1. The molecule has 1 aromatic carbocycles. The third kappa shape index (κ3) is 22.8. The molecule has 23 heteroatoms. The van der Waals surface area contributed by atoms with Crippen LogP contribution in [0.5, 0.6) is 0 Å². The third-order valence-electron chi connectivity index (χ3n) is 14.9. The maximum absolute atomic E-state index is 14.7. The fraction of sp³-hybridized carbons (Fsp3) is 0.719. The lowest BCUT2D eigenvalue weighted by atomic mass is 9.84. The first-order valence-electron chi connectivity index (χ1n) is 28.8. The van der Waals surface area contributed by atoms with Crippen molar-refractivity contribution in [3.05, 3.63) is 35.9 Å². The van der Waals surface area contributed by atoms with Gasteiger partial charge in [0, 0.05) is 56.5 Å². The van der Waals surface area contributed by atoms with Gasteiger partial charge >= 0.3 is 0 Å². The molecule has 2 unspecified atom stereocenters. The van der Waals surface area contributed by atoms with Crippen LogP contribution in [-0.2, 0) is 54.4 Å². The number of aliphatic hydroxyl groups excluding tert-OH is 2. The van der Waals surface area contributed by atoms with Crippen LogP contribution < -0.4 is 54.8 Å². The molecule has 1 aromatic rings. The van der Waals surface area contributed by atoms with Crippen LogP contribution in [0.4, 0.5) is 0 Å². The Hall–Kier alpha value is -5.56. The summed E-state index contributed by atoms with van der Waals surface area (Å²) in [5.74, 6) is -11.1. The fourth-order valence-corrected chi connectivity index (χ4v) is 10.5. The maximum atomic E-state index is 14.7. The zero-order valence-corrected chi connectivity index (χ0v) is 48.1. The number of piperidine rings is 1. The van der Waals surface area contributed by atoms with Crippen molar-refractivity contribution in [2.24, 2.45) is 58.4 Å². The molecule has 80 heavy (non-hydrogen) atoms. The number of hydrogen-bond donors (Lipinski definition) is 12. The highest BCUT2D eigenvalue weighted by atomic mass is 16.3. The van der Waals surface area contributed by atoms with Crippen molar-refractivity contribution in [2.45, 2.75) is 180 Å². The molecule has 3 rings (SSSR count). The first-order chi connectivity index (χ1) is 37.9. The van der Waals surface area contributed by atoms with Gasteiger partial charge in [0.2, 0.25) is 35.4 Å². The second kappa shape index (κ2) is 35.3. The number of aliphatic hydroxyl groups is 2. The second-order valence-electron chi connectivity index (χ2n) is 22.7. The smallest absolute Gasteiger partial charge is 0.245 e. The van der Waals surface area contributed by atoms with Crippen LogP contribution in [0.2, 0.25) is 0 Å². The van der Waals surface area contributed by atoms with E-state index < -0.39 is 138 Å². The number of carbonyl (C=O) groups excluding carboxylic acids is 10. The summed E-state index contributed by atoms with van der Waals surface area (Å²) in [6, 6.07) is 1.68. The van der Waals surface area contributed by atoms with Gasteiger partial charge < -0.3 is 65.0 Å². The number of benzene rings is 1. The van der Waals surface area contributed by atoms with Crippen molar-refractivity contribution >= 4 is 58.6 Å². The zero-order valence-electron chi connectivity index (χ0n) is 48.1. The van der Waals surface area contributed by atoms with Crippen molar-refractivity contribution in [2.75, 3.05) is 45.8 Å². The first-order valence-corrected chi connectivity index (χ1v) is 28.8. The van der Waals surface area contributed by atoms with Gasteiger partial charge in [-0.2, -0.15) is 0 Å². The molecule has 2 aliphatic rings. The van der Waals surface area contributed by atoms with Crippen LogP contribution in [0.3, 0.4) is 0 Å². The molecule has 2 saturated heterocycles. The van der Waals surface area contributed by atoms with Crippen LogP contribution in [0.1, 0.15) is 131 Å². The number of likely N-dealkylation sites (tertiary alicyclic amines) is 1. The van der Waals surface area contributed by atoms with Crippen LogP contribution >= 0.6 is 0 Å². The predicted octanol–water partition coefficient (Wildman–Crippen LogP) is -0.812. The topological polar surface area (TPSA) is 391 Å². The van der Waals surface area contributed by atoms with Gasteiger partial charge in [-0.1, -0.05) is 64.4 Å². The average molecular weight is 1130 g/mol. The van der Waals surface area contributed by atoms with Gasteiger partial charge in [-0.25, -0.2) is 0 Å². The Labute approximate surface area is 472 Å². The summed E-state index contributed by atoms with van der Waals surface area (Å²) >= 11 is 0. The summed E-state index contributed by atoms with van der Waals surface area (Å²) in [5.41, 5.74) is 24.4. The lowest BCUT2D eigenvalue weighted by Gasteiger charge is -2.36. The Morgan fingerprint density at radius 1 is 0.662 bits per heavy atom. The third-order valence-corrected chi connectivity index (χ3v) is 14.9. The molecule has 2 fully saturated rings. The zero-order chi connectivity index (χ0) is 59.6. The SMILES string of the molecule is CC(C)C[C@@H]1CC(=O)[C@@H](Cc2ccccc2)NC(=O)[C@H](CCN)CC(=O)[C@@H](CC(=O)[C@H](CCN)NC(=O)[C@@H](CC(=O)[C@@H]2CCCCN2CC(C)C)C(C)O)CCNC(=O)[C@H](C(C)O)NC(=O)[C@H](CCN)NC(=O)[C@H](CCN)NC1=O. The van der Waals surface area contributed by atoms with Crippen LogP contribution in [0.25, 0.3) is 0 Å². The molecule has 0 aromatic heterocycles. The quantitative estimate of drug-likeness (QED) is 0.0602. The minimum absolute atomic E-state index is 0.00723. The summed E-state index contributed by atoms with van der Waals surface area (Å²) in [5, 5.41) is 37.6. The van der Waals surface area contributed by atoms with E-state index in [9.17, 15) is 58.2 Å². The monoisotopic (exact) mass is 1130 g/mol. The molecule has 0 spiro atoms. The number of nitrogens with two attached hydrogens (primary N) is 4. The van der Waals surface area contributed by atoms with E-state index in [1.807, 2.05) is 13.8 Å². The van der Waals surface area contributed by atoms with Crippen LogP contribution in [-0.4, -0.2) is 168 Å². The van der Waals surface area contributed by atoms with Crippen molar-refractivity contribution < 1.29 is 58.2 Å². The number of Topliss-reactive ketones (excluding diaryl/α,β-unsaturated/α-hetero) is 4. The maximum Gasteiger partial charge on any atom is 0.245 e. The molecule has 2 aliphatic heterocycles. The molecule has 0 saturated carbocycles. The summed E-state index contributed by atoms with van der Waals surface area (Å²) < 4.78 is 0. The van der Waals surface area contributed by atoms with Gasteiger partial charge in [-0.05, 0) is 122 Å². The molecular formula is C57H95N11O12. The number of amides is 6. The highest BCUT2D eigenvalue weighted by molar-refractivity contribution is 5.98. The van der Waals surface area contributed by atoms with E-state index >= 15 is 0 Å². The van der Waals surface area contributed by atoms with Crippen molar-refractivity contribution in [3.63, 3.8) is 0 Å². The van der Waals surface area contributed by atoms with Crippen LogP contribution in [0, 0.1) is 35.5 Å². The number of nitrogens with one attached hydrogen (secondary N) is 6. The van der Waals surface area contributed by atoms with Gasteiger partial charge in [0.15, 0.2) is 17.3 Å². The van der Waals surface area contributed by atoms with E-state index in [0.29, 0.717) is 24.4 Å².